The predicted octanol–water partition coefficient (Wildman–Crippen LogP) is 3.83. The summed E-state index contributed by atoms with van der Waals surface area (Å²) in [5.41, 5.74) is 2.74. The number of carbonyl (C=O) groups is 2. The van der Waals surface area contributed by atoms with E-state index in [1.54, 1.807) is 24.3 Å². The molecule has 28 heavy (non-hydrogen) atoms. The van der Waals surface area contributed by atoms with Crippen molar-refractivity contribution in [3.63, 3.8) is 0 Å². The lowest BCUT2D eigenvalue weighted by atomic mass is 9.90. The monoisotopic (exact) mass is 408 g/mol. The highest BCUT2D eigenvalue weighted by atomic mass is 32.2. The van der Waals surface area contributed by atoms with E-state index in [1.807, 2.05) is 6.07 Å². The Bertz CT molecular complexity index is 948. The number of anilines is 1. The van der Waals surface area contributed by atoms with Crippen LogP contribution in [0.5, 0.6) is 0 Å². The summed E-state index contributed by atoms with van der Waals surface area (Å²) in [6, 6.07) is 17.4. The van der Waals surface area contributed by atoms with Gasteiger partial charge in [-0.25, -0.2) is 0 Å². The summed E-state index contributed by atoms with van der Waals surface area (Å²) in [5, 5.41) is 0. The van der Waals surface area contributed by atoms with Crippen LogP contribution in [0.4, 0.5) is 5.69 Å². The Morgan fingerprint density at radius 3 is 2.25 bits per heavy atom. The van der Waals surface area contributed by atoms with Crippen LogP contribution in [0.2, 0.25) is 0 Å². The maximum absolute atomic E-state index is 12.7. The maximum Gasteiger partial charge on any atom is 0.190 e. The maximum atomic E-state index is 12.7. The minimum atomic E-state index is -0.104. The smallest absolute Gasteiger partial charge is 0.190 e. The summed E-state index contributed by atoms with van der Waals surface area (Å²) in [4.78, 5) is 29.5. The van der Waals surface area contributed by atoms with Crippen molar-refractivity contribution in [2.45, 2.75) is 0 Å². The number of thiocarbonyl (C=S) groups is 1. The molecule has 0 spiro atoms. The van der Waals surface area contributed by atoms with E-state index in [1.165, 1.54) is 23.5 Å². The van der Waals surface area contributed by atoms with E-state index in [-0.39, 0.29) is 11.6 Å². The fraction of sp³-hybridized carbons (Fsp3) is 0.227. The molecule has 142 valence electrons. The largest absolute Gasteiger partial charge is 0.368 e. The quantitative estimate of drug-likeness (QED) is 0.719. The molecule has 0 radical (unpaired) electrons. The molecule has 1 aliphatic heterocycles. The van der Waals surface area contributed by atoms with E-state index in [2.05, 4.69) is 34.1 Å². The van der Waals surface area contributed by atoms with Gasteiger partial charge in [-0.3, -0.25) is 9.59 Å². The molecule has 0 N–H and O–H groups in total. The Labute approximate surface area is 174 Å². The molecule has 0 amide bonds. The predicted molar refractivity (Wildman–Crippen MR) is 118 cm³/mol. The van der Waals surface area contributed by atoms with Crippen LogP contribution in [0, 0.1) is 0 Å². The number of hydrogen-bond donors (Lipinski definition) is 0. The fourth-order valence-corrected chi connectivity index (χ4v) is 4.71. The first-order chi connectivity index (χ1) is 13.6. The van der Waals surface area contributed by atoms with Crippen LogP contribution >= 0.6 is 24.0 Å². The first-order valence-corrected chi connectivity index (χ1v) is 10.6. The highest BCUT2D eigenvalue weighted by Gasteiger charge is 2.26. The van der Waals surface area contributed by atoms with Crippen molar-refractivity contribution in [3.8, 4) is 0 Å². The number of hydrogen-bond acceptors (Lipinski definition) is 5. The van der Waals surface area contributed by atoms with Gasteiger partial charge in [0.1, 0.15) is 4.32 Å². The SMILES string of the molecule is O=C1C=C(CSC(=S)N2CCN(c3ccccc3)CC2)C(=O)c2ccccc21. The molecule has 6 heteroatoms. The Morgan fingerprint density at radius 1 is 0.893 bits per heavy atom. The highest BCUT2D eigenvalue weighted by Crippen LogP contribution is 2.25. The number of piperazine rings is 1. The molecule has 2 aromatic carbocycles. The average molecular weight is 409 g/mol. The number of benzene rings is 2. The zero-order chi connectivity index (χ0) is 19.5. The summed E-state index contributed by atoms with van der Waals surface area (Å²) >= 11 is 7.06. The van der Waals surface area contributed by atoms with E-state index in [4.69, 9.17) is 12.2 Å². The van der Waals surface area contributed by atoms with Gasteiger partial charge >= 0.3 is 0 Å². The first kappa shape index (κ1) is 18.9. The van der Waals surface area contributed by atoms with Gasteiger partial charge in [-0.1, -0.05) is 66.4 Å². The Kier molecular flexibility index (Phi) is 5.59. The lowest BCUT2D eigenvalue weighted by Gasteiger charge is -2.37. The minimum Gasteiger partial charge on any atom is -0.368 e. The van der Waals surface area contributed by atoms with Gasteiger partial charge in [0.2, 0.25) is 0 Å². The second-order valence-corrected chi connectivity index (χ2v) is 8.38. The van der Waals surface area contributed by atoms with Crippen molar-refractivity contribution < 1.29 is 9.59 Å². The molecule has 0 atom stereocenters. The Hall–Kier alpha value is -2.44. The molecule has 0 unspecified atom stereocenters. The summed E-state index contributed by atoms with van der Waals surface area (Å²) in [7, 11) is 0. The van der Waals surface area contributed by atoms with E-state index in [0.717, 1.165) is 30.5 Å². The molecule has 4 rings (SSSR count). The van der Waals surface area contributed by atoms with Crippen LogP contribution in [0.25, 0.3) is 0 Å². The number of ketones is 2. The summed E-state index contributed by atoms with van der Waals surface area (Å²) in [5.74, 6) is 0.254. The molecular weight excluding hydrogens is 388 g/mol. The second-order valence-electron chi connectivity index (χ2n) is 6.77. The Balaban J connectivity index is 1.33. The summed E-state index contributed by atoms with van der Waals surface area (Å²) in [6.45, 7) is 3.54. The zero-order valence-electron chi connectivity index (χ0n) is 15.3. The molecule has 2 aromatic rings. The number of carbonyl (C=O) groups excluding carboxylic acids is 2. The van der Waals surface area contributed by atoms with Crippen molar-refractivity contribution >= 4 is 45.6 Å². The molecule has 2 aliphatic rings. The van der Waals surface area contributed by atoms with Crippen molar-refractivity contribution in [3.05, 3.63) is 77.4 Å². The third-order valence-electron chi connectivity index (χ3n) is 5.04. The van der Waals surface area contributed by atoms with Gasteiger partial charge in [-0.15, -0.1) is 0 Å². The zero-order valence-corrected chi connectivity index (χ0v) is 17.0. The number of nitrogens with zero attached hydrogens (tertiary/aromatic N) is 2. The van der Waals surface area contributed by atoms with Gasteiger partial charge < -0.3 is 9.80 Å². The molecule has 1 saturated heterocycles. The van der Waals surface area contributed by atoms with E-state index in [9.17, 15) is 9.59 Å². The van der Waals surface area contributed by atoms with Crippen molar-refractivity contribution in [1.82, 2.24) is 4.90 Å². The minimum absolute atomic E-state index is 0.0700. The molecule has 0 saturated carbocycles. The van der Waals surface area contributed by atoms with E-state index in [0.29, 0.717) is 22.5 Å². The topological polar surface area (TPSA) is 40.6 Å². The third kappa shape index (κ3) is 3.88. The number of thioether (sulfide) groups is 1. The molecular formula is C22H20N2O2S2. The summed E-state index contributed by atoms with van der Waals surface area (Å²) in [6.07, 6.45) is 1.47. The second kappa shape index (κ2) is 8.29. The van der Waals surface area contributed by atoms with Gasteiger partial charge in [0.15, 0.2) is 11.6 Å². The van der Waals surface area contributed by atoms with Gasteiger partial charge in [0, 0.05) is 54.3 Å². The van der Waals surface area contributed by atoms with Gasteiger partial charge in [-0.05, 0) is 18.2 Å². The van der Waals surface area contributed by atoms with Crippen LogP contribution in [-0.4, -0.2) is 52.7 Å². The number of allylic oxidation sites excluding steroid dienone is 1. The standard InChI is InChI=1S/C22H20N2O2S2/c25-20-14-16(21(26)19-9-5-4-8-18(19)20)15-28-22(27)24-12-10-23(11-13-24)17-6-2-1-3-7-17/h1-9,14H,10-13,15H2. The first-order valence-electron chi connectivity index (χ1n) is 9.24. The average Bonchev–Trinajstić information content (AvgIpc) is 2.76. The lowest BCUT2D eigenvalue weighted by Crippen LogP contribution is -2.47. The molecule has 4 nitrogen and oxygen atoms in total. The normalized spacial score (nSPS) is 16.6. The summed E-state index contributed by atoms with van der Waals surface area (Å²) < 4.78 is 0.785. The van der Waals surface area contributed by atoms with Crippen LogP contribution in [-0.2, 0) is 0 Å². The highest BCUT2D eigenvalue weighted by molar-refractivity contribution is 8.23. The number of Topliss-reactive ketones (excluding diaryl/α,β-unsaturated/α-hetero) is 1. The third-order valence-corrected chi connectivity index (χ3v) is 6.62. The van der Waals surface area contributed by atoms with Crippen LogP contribution in [0.3, 0.4) is 0 Å². The Morgan fingerprint density at radius 2 is 1.54 bits per heavy atom. The van der Waals surface area contributed by atoms with Gasteiger partial charge in [0.05, 0.1) is 0 Å². The van der Waals surface area contributed by atoms with Gasteiger partial charge in [-0.2, -0.15) is 0 Å². The van der Waals surface area contributed by atoms with E-state index < -0.39 is 0 Å². The molecule has 0 bridgehead atoms. The fourth-order valence-electron chi connectivity index (χ4n) is 3.49. The number of fused-ring (bicyclic) bond motifs is 1. The molecule has 1 fully saturated rings. The van der Waals surface area contributed by atoms with Crippen LogP contribution in [0.15, 0.2) is 66.2 Å². The lowest BCUT2D eigenvalue weighted by molar-refractivity contribution is 0.0985. The van der Waals surface area contributed by atoms with Crippen LogP contribution < -0.4 is 4.90 Å². The van der Waals surface area contributed by atoms with Crippen molar-refractivity contribution in [1.29, 1.82) is 0 Å². The molecule has 1 aliphatic carbocycles. The molecule has 0 aromatic heterocycles. The number of rotatable bonds is 3. The number of para-hydroxylation sites is 1. The van der Waals surface area contributed by atoms with Crippen molar-refractivity contribution in [2.75, 3.05) is 36.8 Å². The van der Waals surface area contributed by atoms with Crippen molar-refractivity contribution in [2.24, 2.45) is 0 Å². The van der Waals surface area contributed by atoms with Crippen LogP contribution in [0.1, 0.15) is 20.7 Å². The molecule has 1 heterocycles. The van der Waals surface area contributed by atoms with E-state index >= 15 is 0 Å². The van der Waals surface area contributed by atoms with Gasteiger partial charge in [0.25, 0.3) is 0 Å².